The highest BCUT2D eigenvalue weighted by Crippen LogP contribution is 2.32. The Hall–Kier alpha value is -2.04. The van der Waals surface area contributed by atoms with Crippen LogP contribution in [0, 0.1) is 6.92 Å². The Kier molecular flexibility index (Phi) is 2.89. The quantitative estimate of drug-likeness (QED) is 0.882. The summed E-state index contributed by atoms with van der Waals surface area (Å²) in [4.78, 5) is 25.2. The summed E-state index contributed by atoms with van der Waals surface area (Å²) in [5, 5.41) is 2.89. The number of carbonyl (C=O) groups excluding carboxylic acids is 2. The SMILES string of the molecule is Cc1ccc2c(c1)OCC(=O)N2CC(=O)NC1CC1. The van der Waals surface area contributed by atoms with Gasteiger partial charge in [-0.15, -0.1) is 0 Å². The summed E-state index contributed by atoms with van der Waals surface area (Å²) in [6, 6.07) is 5.92. The third-order valence-electron chi connectivity index (χ3n) is 3.30. The fraction of sp³-hybridized carbons (Fsp3) is 0.429. The zero-order valence-electron chi connectivity index (χ0n) is 10.8. The minimum absolute atomic E-state index is 0.00678. The van der Waals surface area contributed by atoms with Crippen molar-refractivity contribution in [2.45, 2.75) is 25.8 Å². The second kappa shape index (κ2) is 4.57. The smallest absolute Gasteiger partial charge is 0.265 e. The molecule has 1 aliphatic heterocycles. The van der Waals surface area contributed by atoms with Crippen LogP contribution in [0.4, 0.5) is 5.69 Å². The van der Waals surface area contributed by atoms with Gasteiger partial charge in [-0.1, -0.05) is 6.07 Å². The molecule has 1 fully saturated rings. The molecule has 0 unspecified atom stereocenters. The number of benzene rings is 1. The summed E-state index contributed by atoms with van der Waals surface area (Å²) >= 11 is 0. The van der Waals surface area contributed by atoms with Crippen LogP contribution in [0.2, 0.25) is 0 Å². The Labute approximate surface area is 111 Å². The Morgan fingerprint density at radius 1 is 1.47 bits per heavy atom. The first kappa shape index (κ1) is 12.0. The largest absolute Gasteiger partial charge is 0.482 e. The van der Waals surface area contributed by atoms with E-state index in [0.29, 0.717) is 17.5 Å². The summed E-state index contributed by atoms with van der Waals surface area (Å²) in [5.74, 6) is 0.380. The normalized spacial score (nSPS) is 17.7. The van der Waals surface area contributed by atoms with Crippen LogP contribution in [0.3, 0.4) is 0 Å². The molecule has 1 saturated carbocycles. The van der Waals surface area contributed by atoms with E-state index >= 15 is 0 Å². The van der Waals surface area contributed by atoms with Crippen LogP contribution < -0.4 is 15.0 Å². The third-order valence-corrected chi connectivity index (χ3v) is 3.30. The number of hydrogen-bond donors (Lipinski definition) is 1. The van der Waals surface area contributed by atoms with Gasteiger partial charge in [-0.2, -0.15) is 0 Å². The monoisotopic (exact) mass is 260 g/mol. The Morgan fingerprint density at radius 2 is 2.26 bits per heavy atom. The summed E-state index contributed by atoms with van der Waals surface area (Å²) in [6.07, 6.45) is 2.08. The number of nitrogens with one attached hydrogen (secondary N) is 1. The van der Waals surface area contributed by atoms with Crippen LogP contribution in [-0.4, -0.2) is 31.0 Å². The van der Waals surface area contributed by atoms with Gasteiger partial charge in [0.2, 0.25) is 5.91 Å². The van der Waals surface area contributed by atoms with Crippen molar-refractivity contribution in [2.24, 2.45) is 0 Å². The van der Waals surface area contributed by atoms with Crippen LogP contribution in [0.15, 0.2) is 18.2 Å². The first-order valence-electron chi connectivity index (χ1n) is 6.46. The van der Waals surface area contributed by atoms with Gasteiger partial charge in [0.15, 0.2) is 6.61 Å². The first-order valence-corrected chi connectivity index (χ1v) is 6.46. The molecule has 3 rings (SSSR count). The molecule has 5 heteroatoms. The lowest BCUT2D eigenvalue weighted by Gasteiger charge is -2.29. The van der Waals surface area contributed by atoms with Crippen LogP contribution >= 0.6 is 0 Å². The molecule has 1 N–H and O–H groups in total. The average molecular weight is 260 g/mol. The van der Waals surface area contributed by atoms with E-state index in [1.807, 2.05) is 25.1 Å². The van der Waals surface area contributed by atoms with Crippen molar-refractivity contribution in [2.75, 3.05) is 18.1 Å². The molecule has 0 saturated heterocycles. The lowest BCUT2D eigenvalue weighted by atomic mass is 10.1. The van der Waals surface area contributed by atoms with Gasteiger partial charge in [-0.3, -0.25) is 14.5 Å². The molecule has 2 amide bonds. The molecule has 0 spiro atoms. The molecular weight excluding hydrogens is 244 g/mol. The van der Waals surface area contributed by atoms with Gasteiger partial charge in [0.1, 0.15) is 12.3 Å². The number of aryl methyl sites for hydroxylation is 1. The molecule has 0 atom stereocenters. The second-order valence-corrected chi connectivity index (χ2v) is 5.08. The van der Waals surface area contributed by atoms with E-state index in [9.17, 15) is 9.59 Å². The molecule has 19 heavy (non-hydrogen) atoms. The average Bonchev–Trinajstić information content (AvgIpc) is 3.16. The van der Waals surface area contributed by atoms with Crippen molar-refractivity contribution >= 4 is 17.5 Å². The predicted molar refractivity (Wildman–Crippen MR) is 70.2 cm³/mol. The molecule has 100 valence electrons. The summed E-state index contributed by atoms with van der Waals surface area (Å²) in [6.45, 7) is 2.02. The molecule has 0 radical (unpaired) electrons. The predicted octanol–water partition coefficient (Wildman–Crippen LogP) is 0.999. The standard InChI is InChI=1S/C14H16N2O3/c1-9-2-5-11-12(6-9)19-8-14(18)16(11)7-13(17)15-10-3-4-10/h2,5-6,10H,3-4,7-8H2,1H3,(H,15,17). The number of rotatable bonds is 3. The zero-order chi connectivity index (χ0) is 13.4. The molecule has 1 aromatic rings. The highest BCUT2D eigenvalue weighted by molar-refractivity contribution is 6.02. The Balaban J connectivity index is 1.79. The highest BCUT2D eigenvalue weighted by Gasteiger charge is 2.29. The van der Waals surface area contributed by atoms with Crippen molar-refractivity contribution in [1.29, 1.82) is 0 Å². The zero-order valence-corrected chi connectivity index (χ0v) is 10.8. The molecule has 0 aromatic heterocycles. The minimum Gasteiger partial charge on any atom is -0.482 e. The van der Waals surface area contributed by atoms with E-state index in [-0.39, 0.29) is 25.0 Å². The van der Waals surface area contributed by atoms with E-state index < -0.39 is 0 Å². The van der Waals surface area contributed by atoms with Crippen LogP contribution in [0.25, 0.3) is 0 Å². The molecule has 1 heterocycles. The third kappa shape index (κ3) is 2.54. The van der Waals surface area contributed by atoms with Crippen LogP contribution in [-0.2, 0) is 9.59 Å². The van der Waals surface area contributed by atoms with E-state index in [1.54, 1.807) is 0 Å². The maximum atomic E-state index is 11.9. The summed E-state index contributed by atoms with van der Waals surface area (Å²) in [7, 11) is 0. The molecule has 5 nitrogen and oxygen atoms in total. The topological polar surface area (TPSA) is 58.6 Å². The lowest BCUT2D eigenvalue weighted by molar-refractivity contribution is -0.125. The fourth-order valence-corrected chi connectivity index (χ4v) is 2.13. The minimum atomic E-state index is -0.178. The lowest BCUT2D eigenvalue weighted by Crippen LogP contribution is -2.45. The number of amides is 2. The molecule has 1 aromatic carbocycles. The van der Waals surface area contributed by atoms with Gasteiger partial charge >= 0.3 is 0 Å². The summed E-state index contributed by atoms with van der Waals surface area (Å²) < 4.78 is 5.40. The van der Waals surface area contributed by atoms with Crippen LogP contribution in [0.5, 0.6) is 5.75 Å². The molecule has 2 aliphatic rings. The van der Waals surface area contributed by atoms with Crippen molar-refractivity contribution < 1.29 is 14.3 Å². The van der Waals surface area contributed by atoms with Gasteiger partial charge < -0.3 is 10.1 Å². The Bertz CT molecular complexity index is 537. The molecule has 0 bridgehead atoms. The number of nitrogens with zero attached hydrogens (tertiary/aromatic N) is 1. The number of carbonyl (C=O) groups is 2. The highest BCUT2D eigenvalue weighted by atomic mass is 16.5. The molecular formula is C14H16N2O3. The maximum absolute atomic E-state index is 11.9. The maximum Gasteiger partial charge on any atom is 0.265 e. The number of hydrogen-bond acceptors (Lipinski definition) is 3. The van der Waals surface area contributed by atoms with Crippen molar-refractivity contribution in [3.8, 4) is 5.75 Å². The van der Waals surface area contributed by atoms with Gasteiger partial charge in [0, 0.05) is 6.04 Å². The second-order valence-electron chi connectivity index (χ2n) is 5.08. The number of ether oxygens (including phenoxy) is 1. The van der Waals surface area contributed by atoms with Gasteiger partial charge in [0.25, 0.3) is 5.91 Å². The number of fused-ring (bicyclic) bond motifs is 1. The van der Waals surface area contributed by atoms with E-state index in [2.05, 4.69) is 5.32 Å². The molecule has 1 aliphatic carbocycles. The van der Waals surface area contributed by atoms with Crippen molar-refractivity contribution in [1.82, 2.24) is 5.32 Å². The van der Waals surface area contributed by atoms with E-state index in [1.165, 1.54) is 4.90 Å². The van der Waals surface area contributed by atoms with Gasteiger partial charge in [0.05, 0.1) is 5.69 Å². The van der Waals surface area contributed by atoms with E-state index in [4.69, 9.17) is 4.74 Å². The van der Waals surface area contributed by atoms with E-state index in [0.717, 1.165) is 18.4 Å². The van der Waals surface area contributed by atoms with Crippen LogP contribution in [0.1, 0.15) is 18.4 Å². The number of anilines is 1. The summed E-state index contributed by atoms with van der Waals surface area (Å²) in [5.41, 5.74) is 1.74. The Morgan fingerprint density at radius 3 is 3.00 bits per heavy atom. The fourth-order valence-electron chi connectivity index (χ4n) is 2.13. The van der Waals surface area contributed by atoms with Gasteiger partial charge in [-0.25, -0.2) is 0 Å². The van der Waals surface area contributed by atoms with Crippen molar-refractivity contribution in [3.05, 3.63) is 23.8 Å². The van der Waals surface area contributed by atoms with Gasteiger partial charge in [-0.05, 0) is 37.5 Å². The first-order chi connectivity index (χ1) is 9.13. The van der Waals surface area contributed by atoms with Crippen molar-refractivity contribution in [3.63, 3.8) is 0 Å².